The average Bonchev–Trinajstić information content (AvgIpc) is 3.31. The molecule has 43 heavy (non-hydrogen) atoms. The highest BCUT2D eigenvalue weighted by molar-refractivity contribution is 9.10. The minimum atomic E-state index is -0.683. The fourth-order valence-electron chi connectivity index (χ4n) is 4.60. The van der Waals surface area contributed by atoms with Crippen LogP contribution in [0.2, 0.25) is 5.02 Å². The van der Waals surface area contributed by atoms with E-state index in [9.17, 15) is 14.4 Å². The monoisotopic (exact) mass is 681 g/mol. The van der Waals surface area contributed by atoms with E-state index in [4.69, 9.17) is 25.8 Å². The van der Waals surface area contributed by atoms with Crippen LogP contribution >= 0.6 is 38.9 Å². The van der Waals surface area contributed by atoms with Gasteiger partial charge in [0.1, 0.15) is 0 Å². The molecule has 5 rings (SSSR count). The number of amides is 1. The molecule has 4 aromatic rings. The van der Waals surface area contributed by atoms with Crippen molar-refractivity contribution < 1.29 is 23.8 Å². The van der Waals surface area contributed by atoms with Gasteiger partial charge in [-0.15, -0.1) is 0 Å². The molecule has 3 aromatic carbocycles. The summed E-state index contributed by atoms with van der Waals surface area (Å²) in [6, 6.07) is 18.8. The Labute approximate surface area is 263 Å². The number of thiazole rings is 1. The molecule has 1 aliphatic rings. The van der Waals surface area contributed by atoms with Gasteiger partial charge >= 0.3 is 5.97 Å². The number of ether oxygens (including phenoxy) is 3. The lowest BCUT2D eigenvalue weighted by molar-refractivity contribution is -0.136. The van der Waals surface area contributed by atoms with Gasteiger partial charge in [-0.05, 0) is 70.4 Å². The Balaban J connectivity index is 1.43. The van der Waals surface area contributed by atoms with E-state index in [-0.39, 0.29) is 18.1 Å². The average molecular weight is 683 g/mol. The van der Waals surface area contributed by atoms with Crippen molar-refractivity contribution in [3.63, 3.8) is 0 Å². The van der Waals surface area contributed by atoms with Crippen LogP contribution in [0.15, 0.2) is 92.3 Å². The van der Waals surface area contributed by atoms with E-state index in [1.807, 2.05) is 30.3 Å². The number of rotatable bonds is 8. The van der Waals surface area contributed by atoms with Crippen molar-refractivity contribution in [1.29, 1.82) is 0 Å². The van der Waals surface area contributed by atoms with Gasteiger partial charge in [-0.1, -0.05) is 59.3 Å². The topological polar surface area (TPSA) is 108 Å². The Morgan fingerprint density at radius 1 is 1.09 bits per heavy atom. The number of hydrogen-bond acceptors (Lipinski definition) is 8. The smallest absolute Gasteiger partial charge is 0.338 e. The maximum atomic E-state index is 13.7. The molecule has 220 valence electrons. The Bertz CT molecular complexity index is 1940. The number of halogens is 2. The lowest BCUT2D eigenvalue weighted by Gasteiger charge is -2.24. The number of allylic oxidation sites excluding steroid dienone is 1. The molecule has 1 N–H and O–H groups in total. The summed E-state index contributed by atoms with van der Waals surface area (Å²) >= 11 is 10.6. The van der Waals surface area contributed by atoms with Crippen LogP contribution < -0.4 is 29.7 Å². The zero-order valence-corrected chi connectivity index (χ0v) is 26.4. The quantitative estimate of drug-likeness (QED) is 0.267. The van der Waals surface area contributed by atoms with Crippen LogP contribution in [0.1, 0.15) is 24.1 Å². The van der Waals surface area contributed by atoms with Gasteiger partial charge < -0.3 is 19.5 Å². The number of methoxy groups -OCH3 is 2. The molecule has 0 fully saturated rings. The Morgan fingerprint density at radius 3 is 2.56 bits per heavy atom. The molecule has 0 aliphatic carbocycles. The van der Waals surface area contributed by atoms with Crippen molar-refractivity contribution in [2.24, 2.45) is 4.99 Å². The maximum absolute atomic E-state index is 13.7. The summed E-state index contributed by atoms with van der Waals surface area (Å²) in [6.45, 7) is 1.47. The molecule has 12 heteroatoms. The van der Waals surface area contributed by atoms with Crippen LogP contribution in [-0.4, -0.2) is 37.3 Å². The van der Waals surface area contributed by atoms with Crippen molar-refractivity contribution >= 4 is 62.5 Å². The third kappa shape index (κ3) is 6.43. The van der Waals surface area contributed by atoms with E-state index in [0.29, 0.717) is 48.4 Å². The van der Waals surface area contributed by atoms with Gasteiger partial charge in [-0.25, -0.2) is 9.79 Å². The number of anilines is 1. The van der Waals surface area contributed by atoms with E-state index in [0.717, 1.165) is 10.0 Å². The number of nitrogens with one attached hydrogen (secondary N) is 1. The number of nitrogens with zero attached hydrogens (tertiary/aromatic N) is 2. The highest BCUT2D eigenvalue weighted by Gasteiger charge is 2.32. The first-order chi connectivity index (χ1) is 20.7. The second kappa shape index (κ2) is 13.0. The fraction of sp³-hybridized carbons (Fsp3) is 0.161. The normalized spacial score (nSPS) is 14.5. The largest absolute Gasteiger partial charge is 0.493 e. The van der Waals surface area contributed by atoms with Gasteiger partial charge in [0.25, 0.3) is 11.5 Å². The third-order valence-electron chi connectivity index (χ3n) is 6.59. The first kappa shape index (κ1) is 30.3. The number of aromatic nitrogens is 1. The predicted molar refractivity (Wildman–Crippen MR) is 168 cm³/mol. The van der Waals surface area contributed by atoms with E-state index in [2.05, 4.69) is 26.2 Å². The molecule has 0 unspecified atom stereocenters. The zero-order chi connectivity index (χ0) is 30.7. The second-order valence-electron chi connectivity index (χ2n) is 9.36. The summed E-state index contributed by atoms with van der Waals surface area (Å²) in [7, 11) is 2.79. The third-order valence-corrected chi connectivity index (χ3v) is 8.81. The van der Waals surface area contributed by atoms with Gasteiger partial charge in [0, 0.05) is 10.2 Å². The number of fused-ring (bicyclic) bond motifs is 1. The lowest BCUT2D eigenvalue weighted by Crippen LogP contribution is -2.39. The van der Waals surface area contributed by atoms with Gasteiger partial charge in [0.2, 0.25) is 0 Å². The first-order valence-electron chi connectivity index (χ1n) is 12.9. The standard InChI is InChI=1S/C31H25BrClN3O6S/c1-17-27(30(39)41-3)28(19-7-5-4-6-8-19)36-29(38)25(43-31(36)34-17)14-18-9-12-23(24(13-18)40-2)42-16-26(37)35-20-10-11-21(32)22(33)15-20/h4-15,28H,16H2,1-3H3,(H,35,37)/b25-14+/t28-/m1/s1. The van der Waals surface area contributed by atoms with Crippen LogP contribution in [0, 0.1) is 0 Å². The number of hydrogen-bond donors (Lipinski definition) is 1. The molecule has 9 nitrogen and oxygen atoms in total. The van der Waals surface area contributed by atoms with E-state index >= 15 is 0 Å². The molecular formula is C31H25BrClN3O6S. The second-order valence-corrected chi connectivity index (χ2v) is 11.6. The van der Waals surface area contributed by atoms with E-state index in [1.165, 1.54) is 30.1 Å². The molecule has 1 aliphatic heterocycles. The molecule has 0 bridgehead atoms. The molecule has 1 aromatic heterocycles. The van der Waals surface area contributed by atoms with E-state index in [1.54, 1.807) is 49.4 Å². The summed E-state index contributed by atoms with van der Waals surface area (Å²) in [5, 5.41) is 3.20. The molecular weight excluding hydrogens is 658 g/mol. The predicted octanol–water partition coefficient (Wildman–Crippen LogP) is 4.85. The summed E-state index contributed by atoms with van der Waals surface area (Å²) in [4.78, 5) is 44.0. The number of carbonyl (C=O) groups excluding carboxylic acids is 2. The fourth-order valence-corrected chi connectivity index (χ4v) is 6.08. The van der Waals surface area contributed by atoms with Crippen LogP contribution in [-0.2, 0) is 14.3 Å². The summed E-state index contributed by atoms with van der Waals surface area (Å²) in [5.74, 6) is -0.182. The molecule has 0 saturated carbocycles. The van der Waals surface area contributed by atoms with Crippen LogP contribution in [0.5, 0.6) is 11.5 Å². The molecule has 0 radical (unpaired) electrons. The van der Waals surface area contributed by atoms with E-state index < -0.39 is 12.0 Å². The van der Waals surface area contributed by atoms with Gasteiger partial charge in [0.15, 0.2) is 22.9 Å². The summed E-state index contributed by atoms with van der Waals surface area (Å²) in [5.41, 5.74) is 2.47. The van der Waals surface area contributed by atoms with Crippen molar-refractivity contribution in [2.75, 3.05) is 26.1 Å². The van der Waals surface area contributed by atoms with Gasteiger partial charge in [-0.2, -0.15) is 0 Å². The van der Waals surface area contributed by atoms with Crippen LogP contribution in [0.3, 0.4) is 0 Å². The van der Waals surface area contributed by atoms with Crippen molar-refractivity contribution in [1.82, 2.24) is 4.57 Å². The molecule has 2 heterocycles. The van der Waals surface area contributed by atoms with Crippen LogP contribution in [0.4, 0.5) is 5.69 Å². The molecule has 0 saturated heterocycles. The Hall–Kier alpha value is -4.19. The van der Waals surface area contributed by atoms with Crippen molar-refractivity contribution in [3.05, 3.63) is 118 Å². The first-order valence-corrected chi connectivity index (χ1v) is 14.9. The number of carbonyl (C=O) groups is 2. The summed E-state index contributed by atoms with van der Waals surface area (Å²) in [6.07, 6.45) is 1.72. The minimum Gasteiger partial charge on any atom is -0.493 e. The number of esters is 1. The zero-order valence-electron chi connectivity index (χ0n) is 23.2. The van der Waals surface area contributed by atoms with Gasteiger partial charge in [-0.3, -0.25) is 14.2 Å². The van der Waals surface area contributed by atoms with Crippen molar-refractivity contribution in [3.8, 4) is 11.5 Å². The van der Waals surface area contributed by atoms with Gasteiger partial charge in [0.05, 0.1) is 41.1 Å². The summed E-state index contributed by atoms with van der Waals surface area (Å²) < 4.78 is 18.9. The molecule has 1 atom stereocenters. The minimum absolute atomic E-state index is 0.261. The highest BCUT2D eigenvalue weighted by Crippen LogP contribution is 2.31. The van der Waals surface area contributed by atoms with Crippen molar-refractivity contribution in [2.45, 2.75) is 13.0 Å². The SMILES string of the molecule is COC(=O)C1=C(C)N=c2s/c(=C/c3ccc(OCC(=O)Nc4ccc(Br)c(Cl)c4)c(OC)c3)c(=O)n2[C@@H]1c1ccccc1. The lowest BCUT2D eigenvalue weighted by atomic mass is 9.96. The van der Waals surface area contributed by atoms with Crippen LogP contribution in [0.25, 0.3) is 6.08 Å². The highest BCUT2D eigenvalue weighted by atomic mass is 79.9. The number of benzene rings is 3. The Kier molecular flexibility index (Phi) is 9.14. The molecule has 0 spiro atoms. The maximum Gasteiger partial charge on any atom is 0.338 e. The molecule has 1 amide bonds. The Morgan fingerprint density at radius 2 is 1.86 bits per heavy atom.